The van der Waals surface area contributed by atoms with E-state index in [1.54, 1.807) is 0 Å². The van der Waals surface area contributed by atoms with Crippen LogP contribution >= 0.6 is 0 Å². The normalized spacial score (nSPS) is 16.1. The van der Waals surface area contributed by atoms with Gasteiger partial charge in [-0.25, -0.2) is 0 Å². The van der Waals surface area contributed by atoms with Crippen molar-refractivity contribution in [1.82, 2.24) is 0 Å². The Kier molecular flexibility index (Phi) is 3.57. The van der Waals surface area contributed by atoms with Crippen molar-refractivity contribution in [3.63, 3.8) is 0 Å². The molecule has 3 heteroatoms. The predicted molar refractivity (Wildman–Crippen MR) is 77.9 cm³/mol. The summed E-state index contributed by atoms with van der Waals surface area (Å²) in [5.74, 6) is 0.951. The van der Waals surface area contributed by atoms with Crippen LogP contribution in [0.5, 0.6) is 5.75 Å². The average Bonchev–Trinajstić information content (AvgIpc) is 2.44. The summed E-state index contributed by atoms with van der Waals surface area (Å²) < 4.78 is 5.70. The Morgan fingerprint density at radius 3 is 2.53 bits per heavy atom. The molecular formula is C16H23NO2. The highest BCUT2D eigenvalue weighted by molar-refractivity contribution is 5.96. The second-order valence-electron chi connectivity index (χ2n) is 6.39. The molecule has 104 valence electrons. The lowest BCUT2D eigenvalue weighted by molar-refractivity contribution is -0.119. The number of nitrogens with zero attached hydrogens (tertiary/aromatic N) is 1. The lowest BCUT2D eigenvalue weighted by Gasteiger charge is -2.28. The molecule has 0 saturated carbocycles. The highest BCUT2D eigenvalue weighted by Gasteiger charge is 2.27. The minimum Gasteiger partial charge on any atom is -0.491 e. The molecule has 0 spiro atoms. The van der Waals surface area contributed by atoms with Crippen molar-refractivity contribution in [2.45, 2.75) is 52.5 Å². The molecule has 3 nitrogen and oxygen atoms in total. The number of hydrogen-bond donors (Lipinski definition) is 0. The maximum Gasteiger partial charge on any atom is 0.230 e. The Balaban J connectivity index is 2.55. The molecular weight excluding hydrogens is 238 g/mol. The minimum atomic E-state index is 0.0625. The highest BCUT2D eigenvalue weighted by atomic mass is 16.5. The Morgan fingerprint density at radius 1 is 1.26 bits per heavy atom. The summed E-state index contributed by atoms with van der Waals surface area (Å²) in [5, 5.41) is 0. The van der Waals surface area contributed by atoms with Gasteiger partial charge in [-0.1, -0.05) is 26.8 Å². The molecule has 1 aliphatic rings. The maximum atomic E-state index is 12.2. The standard InChI is InChI=1S/C16H23NO2/c1-11(2)17-13-10-12(16(3,4)5)6-7-14(13)19-9-8-15(17)18/h6-7,10-11H,8-9H2,1-5H3. The minimum absolute atomic E-state index is 0.0625. The van der Waals surface area contributed by atoms with E-state index < -0.39 is 0 Å². The fraction of sp³-hybridized carbons (Fsp3) is 0.562. The summed E-state index contributed by atoms with van der Waals surface area (Å²) in [5.41, 5.74) is 2.19. The Labute approximate surface area is 115 Å². The molecule has 0 unspecified atom stereocenters. The van der Waals surface area contributed by atoms with E-state index >= 15 is 0 Å². The molecule has 0 atom stereocenters. The third kappa shape index (κ3) is 2.75. The summed E-state index contributed by atoms with van der Waals surface area (Å²) in [6.45, 7) is 11.1. The van der Waals surface area contributed by atoms with Gasteiger partial charge in [0, 0.05) is 6.04 Å². The van der Waals surface area contributed by atoms with Gasteiger partial charge in [0.1, 0.15) is 5.75 Å². The van der Waals surface area contributed by atoms with Gasteiger partial charge < -0.3 is 9.64 Å². The fourth-order valence-corrected chi connectivity index (χ4v) is 2.36. The lowest BCUT2D eigenvalue weighted by atomic mass is 9.86. The van der Waals surface area contributed by atoms with Crippen LogP contribution in [0.1, 0.15) is 46.6 Å². The van der Waals surface area contributed by atoms with Crippen LogP contribution in [-0.4, -0.2) is 18.6 Å². The number of amides is 1. The number of rotatable bonds is 1. The molecule has 0 N–H and O–H groups in total. The summed E-state index contributed by atoms with van der Waals surface area (Å²) in [4.78, 5) is 14.1. The quantitative estimate of drug-likeness (QED) is 0.774. The van der Waals surface area contributed by atoms with Crippen molar-refractivity contribution >= 4 is 11.6 Å². The number of carbonyl (C=O) groups is 1. The number of benzene rings is 1. The Bertz CT molecular complexity index is 486. The van der Waals surface area contributed by atoms with Gasteiger partial charge in [-0.15, -0.1) is 0 Å². The molecule has 0 saturated heterocycles. The van der Waals surface area contributed by atoms with Crippen LogP contribution in [-0.2, 0) is 10.2 Å². The molecule has 1 heterocycles. The van der Waals surface area contributed by atoms with Gasteiger partial charge in [-0.05, 0) is 37.0 Å². The average molecular weight is 261 g/mol. The molecule has 19 heavy (non-hydrogen) atoms. The van der Waals surface area contributed by atoms with Gasteiger partial charge in [0.25, 0.3) is 0 Å². The van der Waals surface area contributed by atoms with E-state index in [0.717, 1.165) is 11.4 Å². The van der Waals surface area contributed by atoms with Crippen molar-refractivity contribution < 1.29 is 9.53 Å². The third-order valence-electron chi connectivity index (χ3n) is 3.44. The number of anilines is 1. The van der Waals surface area contributed by atoms with E-state index in [1.807, 2.05) is 24.8 Å². The highest BCUT2D eigenvalue weighted by Crippen LogP contribution is 2.36. The van der Waals surface area contributed by atoms with Gasteiger partial charge in [-0.3, -0.25) is 4.79 Å². The number of fused-ring (bicyclic) bond motifs is 1. The summed E-state index contributed by atoms with van der Waals surface area (Å²) in [7, 11) is 0. The van der Waals surface area contributed by atoms with E-state index in [9.17, 15) is 4.79 Å². The first-order valence-electron chi connectivity index (χ1n) is 6.90. The first kappa shape index (κ1) is 13.9. The SMILES string of the molecule is CC(C)N1C(=O)CCOc2ccc(C(C)(C)C)cc21. The number of carbonyl (C=O) groups excluding carboxylic acids is 1. The zero-order chi connectivity index (χ0) is 14.2. The van der Waals surface area contributed by atoms with Crippen LogP contribution < -0.4 is 9.64 Å². The number of hydrogen-bond acceptors (Lipinski definition) is 2. The van der Waals surface area contributed by atoms with Crippen LogP contribution in [0.15, 0.2) is 18.2 Å². The van der Waals surface area contributed by atoms with Crippen LogP contribution in [0.2, 0.25) is 0 Å². The van der Waals surface area contributed by atoms with Crippen molar-refractivity contribution in [3.05, 3.63) is 23.8 Å². The van der Waals surface area contributed by atoms with Gasteiger partial charge in [0.15, 0.2) is 0 Å². The van der Waals surface area contributed by atoms with Crippen LogP contribution in [0.3, 0.4) is 0 Å². The second-order valence-corrected chi connectivity index (χ2v) is 6.39. The molecule has 0 aromatic heterocycles. The molecule has 0 radical (unpaired) electrons. The van der Waals surface area contributed by atoms with E-state index in [0.29, 0.717) is 13.0 Å². The zero-order valence-corrected chi connectivity index (χ0v) is 12.5. The van der Waals surface area contributed by atoms with Crippen molar-refractivity contribution in [1.29, 1.82) is 0 Å². The Hall–Kier alpha value is -1.51. The smallest absolute Gasteiger partial charge is 0.230 e. The van der Waals surface area contributed by atoms with Gasteiger partial charge in [0.2, 0.25) is 5.91 Å². The second kappa shape index (κ2) is 4.87. The van der Waals surface area contributed by atoms with Crippen LogP contribution in [0, 0.1) is 0 Å². The van der Waals surface area contributed by atoms with Gasteiger partial charge >= 0.3 is 0 Å². The fourth-order valence-electron chi connectivity index (χ4n) is 2.36. The molecule has 2 rings (SSSR count). The molecule has 1 aromatic carbocycles. The largest absolute Gasteiger partial charge is 0.491 e. The molecule has 1 amide bonds. The maximum absolute atomic E-state index is 12.2. The summed E-state index contributed by atoms with van der Waals surface area (Å²) in [6, 6.07) is 6.32. The van der Waals surface area contributed by atoms with E-state index in [-0.39, 0.29) is 17.4 Å². The van der Waals surface area contributed by atoms with E-state index in [2.05, 4.69) is 32.9 Å². The van der Waals surface area contributed by atoms with Crippen molar-refractivity contribution in [2.24, 2.45) is 0 Å². The van der Waals surface area contributed by atoms with E-state index in [1.165, 1.54) is 5.56 Å². The topological polar surface area (TPSA) is 29.5 Å². The lowest BCUT2D eigenvalue weighted by Crippen LogP contribution is -2.36. The number of ether oxygens (including phenoxy) is 1. The first-order chi connectivity index (χ1) is 8.80. The molecule has 1 aromatic rings. The molecule has 1 aliphatic heterocycles. The van der Waals surface area contributed by atoms with Gasteiger partial charge in [-0.2, -0.15) is 0 Å². The van der Waals surface area contributed by atoms with Crippen molar-refractivity contribution in [2.75, 3.05) is 11.5 Å². The summed E-state index contributed by atoms with van der Waals surface area (Å²) in [6.07, 6.45) is 0.442. The molecule has 0 bridgehead atoms. The van der Waals surface area contributed by atoms with Crippen LogP contribution in [0.4, 0.5) is 5.69 Å². The Morgan fingerprint density at radius 2 is 1.95 bits per heavy atom. The van der Waals surface area contributed by atoms with Gasteiger partial charge in [0.05, 0.1) is 18.7 Å². The molecule has 0 aliphatic carbocycles. The van der Waals surface area contributed by atoms with Crippen molar-refractivity contribution in [3.8, 4) is 5.75 Å². The third-order valence-corrected chi connectivity index (χ3v) is 3.44. The zero-order valence-electron chi connectivity index (χ0n) is 12.5. The molecule has 0 fully saturated rings. The monoisotopic (exact) mass is 261 g/mol. The predicted octanol–water partition coefficient (Wildman–Crippen LogP) is 3.51. The van der Waals surface area contributed by atoms with Crippen LogP contribution in [0.25, 0.3) is 0 Å². The summed E-state index contributed by atoms with van der Waals surface area (Å²) >= 11 is 0. The van der Waals surface area contributed by atoms with E-state index in [4.69, 9.17) is 4.74 Å². The first-order valence-corrected chi connectivity index (χ1v) is 6.90.